The van der Waals surface area contributed by atoms with E-state index in [1.165, 1.54) is 0 Å². The zero-order valence-electron chi connectivity index (χ0n) is 14.4. The second-order valence-corrected chi connectivity index (χ2v) is 5.54. The first-order chi connectivity index (χ1) is 11.9. The number of nitrogens with two attached hydrogens (primary N) is 1. The number of nitrogens with one attached hydrogen (secondary N) is 2. The van der Waals surface area contributed by atoms with Gasteiger partial charge in [0.05, 0.1) is 0 Å². The number of carbonyl (C=O) groups excluding carboxylic acids is 2. The Balaban J connectivity index is 2.02. The first-order valence-corrected chi connectivity index (χ1v) is 7.71. The van der Waals surface area contributed by atoms with Gasteiger partial charge in [0.1, 0.15) is 0 Å². The molecule has 0 fully saturated rings. The number of likely N-dealkylation sites (N-methyl/N-ethyl adjacent to an activating group) is 1. The van der Waals surface area contributed by atoms with Gasteiger partial charge in [-0.15, -0.1) is 10.2 Å². The van der Waals surface area contributed by atoms with Crippen LogP contribution in [0.1, 0.15) is 27.8 Å². The average Bonchev–Trinajstić information content (AvgIpc) is 2.61. The predicted octanol–water partition coefficient (Wildman–Crippen LogP) is 0.267. The molecular weight excluding hydrogens is 322 g/mol. The van der Waals surface area contributed by atoms with Crippen molar-refractivity contribution in [2.75, 3.05) is 30.9 Å². The highest BCUT2D eigenvalue weighted by Gasteiger charge is 2.17. The first-order valence-electron chi connectivity index (χ1n) is 7.71. The van der Waals surface area contributed by atoms with Gasteiger partial charge in [0.2, 0.25) is 5.95 Å². The van der Waals surface area contributed by atoms with E-state index in [4.69, 9.17) is 5.73 Å². The maximum Gasteiger partial charge on any atom is 0.273 e. The third kappa shape index (κ3) is 4.63. The van der Waals surface area contributed by atoms with Crippen LogP contribution >= 0.6 is 0 Å². The number of amides is 2. The standard InChI is InChI=1S/C16H21N7O2/c1-10(19-15(25)11-7-5-4-6-8-11)9-23(3)16-20-14(18-2)12(13(17)24)21-22-16/h4-8,10H,9H2,1-3H3,(H2,17,24)(H,19,25)(H,18,20,22). The average molecular weight is 343 g/mol. The third-order valence-corrected chi connectivity index (χ3v) is 3.45. The molecule has 2 rings (SSSR count). The lowest BCUT2D eigenvalue weighted by atomic mass is 10.2. The largest absolute Gasteiger partial charge is 0.371 e. The summed E-state index contributed by atoms with van der Waals surface area (Å²) >= 11 is 0. The first kappa shape index (κ1) is 18.1. The number of hydrogen-bond acceptors (Lipinski definition) is 7. The van der Waals surface area contributed by atoms with E-state index in [9.17, 15) is 9.59 Å². The van der Waals surface area contributed by atoms with E-state index in [0.29, 0.717) is 18.1 Å². The number of carbonyl (C=O) groups is 2. The second kappa shape index (κ2) is 8.04. The Kier molecular flexibility index (Phi) is 5.83. The van der Waals surface area contributed by atoms with Gasteiger partial charge >= 0.3 is 0 Å². The van der Waals surface area contributed by atoms with Gasteiger partial charge in [0.15, 0.2) is 11.5 Å². The normalized spacial score (nSPS) is 11.5. The summed E-state index contributed by atoms with van der Waals surface area (Å²) in [5.74, 6) is -0.289. The van der Waals surface area contributed by atoms with E-state index < -0.39 is 5.91 Å². The van der Waals surface area contributed by atoms with Crippen molar-refractivity contribution in [2.45, 2.75) is 13.0 Å². The maximum absolute atomic E-state index is 12.2. The third-order valence-electron chi connectivity index (χ3n) is 3.45. The Morgan fingerprint density at radius 1 is 1.24 bits per heavy atom. The monoisotopic (exact) mass is 343 g/mol. The Bertz CT molecular complexity index is 751. The van der Waals surface area contributed by atoms with E-state index in [1.54, 1.807) is 31.1 Å². The maximum atomic E-state index is 12.2. The molecule has 0 bridgehead atoms. The fourth-order valence-electron chi connectivity index (χ4n) is 2.25. The minimum atomic E-state index is -0.706. The van der Waals surface area contributed by atoms with Crippen LogP contribution in [0.2, 0.25) is 0 Å². The Hall–Kier alpha value is -3.23. The number of rotatable bonds is 7. The van der Waals surface area contributed by atoms with Crippen LogP contribution in [0.4, 0.5) is 11.8 Å². The molecule has 2 amide bonds. The molecule has 1 atom stereocenters. The molecule has 4 N–H and O–H groups in total. The van der Waals surface area contributed by atoms with E-state index in [-0.39, 0.29) is 23.5 Å². The molecule has 9 nitrogen and oxygen atoms in total. The Labute approximate surface area is 145 Å². The van der Waals surface area contributed by atoms with E-state index in [1.807, 2.05) is 25.1 Å². The van der Waals surface area contributed by atoms with E-state index >= 15 is 0 Å². The Morgan fingerprint density at radius 3 is 2.52 bits per heavy atom. The number of benzene rings is 1. The zero-order chi connectivity index (χ0) is 18.4. The lowest BCUT2D eigenvalue weighted by molar-refractivity contribution is 0.0939. The van der Waals surface area contributed by atoms with Crippen molar-refractivity contribution < 1.29 is 9.59 Å². The zero-order valence-corrected chi connectivity index (χ0v) is 14.4. The topological polar surface area (TPSA) is 126 Å². The van der Waals surface area contributed by atoms with Crippen LogP contribution in [0, 0.1) is 0 Å². The predicted molar refractivity (Wildman–Crippen MR) is 94.5 cm³/mol. The van der Waals surface area contributed by atoms with Crippen LogP contribution in [0.5, 0.6) is 0 Å². The van der Waals surface area contributed by atoms with Crippen LogP contribution < -0.4 is 21.3 Å². The molecule has 25 heavy (non-hydrogen) atoms. The van der Waals surface area contributed by atoms with Crippen molar-refractivity contribution in [3.63, 3.8) is 0 Å². The molecule has 1 aromatic heterocycles. The van der Waals surface area contributed by atoms with Gasteiger partial charge in [0, 0.05) is 32.2 Å². The Morgan fingerprint density at radius 2 is 1.92 bits per heavy atom. The van der Waals surface area contributed by atoms with Gasteiger partial charge in [-0.3, -0.25) is 9.59 Å². The summed E-state index contributed by atoms with van der Waals surface area (Å²) in [5.41, 5.74) is 5.80. The highest BCUT2D eigenvalue weighted by atomic mass is 16.2. The second-order valence-electron chi connectivity index (χ2n) is 5.54. The highest BCUT2D eigenvalue weighted by Crippen LogP contribution is 2.12. The molecule has 9 heteroatoms. The van der Waals surface area contributed by atoms with Crippen molar-refractivity contribution in [3.8, 4) is 0 Å². The van der Waals surface area contributed by atoms with Crippen LogP contribution in [0.25, 0.3) is 0 Å². The number of primary amides is 1. The van der Waals surface area contributed by atoms with Crippen molar-refractivity contribution >= 4 is 23.6 Å². The van der Waals surface area contributed by atoms with Crippen molar-refractivity contribution in [1.29, 1.82) is 0 Å². The number of aromatic nitrogens is 3. The molecule has 1 heterocycles. The summed E-state index contributed by atoms with van der Waals surface area (Å²) in [7, 11) is 3.38. The molecule has 1 aromatic carbocycles. The SMILES string of the molecule is CNc1nc(N(C)CC(C)NC(=O)c2ccccc2)nnc1C(N)=O. The quantitative estimate of drug-likeness (QED) is 0.658. The van der Waals surface area contributed by atoms with E-state index in [2.05, 4.69) is 25.8 Å². The molecule has 0 aliphatic rings. The van der Waals surface area contributed by atoms with Gasteiger partial charge in [-0.1, -0.05) is 18.2 Å². The fourth-order valence-corrected chi connectivity index (χ4v) is 2.25. The van der Waals surface area contributed by atoms with Gasteiger partial charge in [-0.05, 0) is 19.1 Å². The lowest BCUT2D eigenvalue weighted by Gasteiger charge is -2.22. The molecule has 0 saturated heterocycles. The number of anilines is 2. The minimum absolute atomic E-state index is 0.0231. The van der Waals surface area contributed by atoms with Gasteiger partial charge < -0.3 is 21.3 Å². The number of nitrogens with zero attached hydrogens (tertiary/aromatic N) is 4. The molecule has 132 valence electrons. The van der Waals surface area contributed by atoms with Crippen LogP contribution in [0.15, 0.2) is 30.3 Å². The van der Waals surface area contributed by atoms with Crippen LogP contribution in [-0.2, 0) is 0 Å². The highest BCUT2D eigenvalue weighted by molar-refractivity contribution is 5.95. The molecule has 0 aliphatic carbocycles. The van der Waals surface area contributed by atoms with Crippen LogP contribution in [0.3, 0.4) is 0 Å². The van der Waals surface area contributed by atoms with Gasteiger partial charge in [0.25, 0.3) is 11.8 Å². The van der Waals surface area contributed by atoms with Gasteiger partial charge in [-0.25, -0.2) is 0 Å². The fraction of sp³-hybridized carbons (Fsp3) is 0.312. The molecule has 0 saturated carbocycles. The van der Waals surface area contributed by atoms with Crippen molar-refractivity contribution in [2.24, 2.45) is 5.73 Å². The van der Waals surface area contributed by atoms with E-state index in [0.717, 1.165) is 0 Å². The summed E-state index contributed by atoms with van der Waals surface area (Å²) in [6.07, 6.45) is 0. The summed E-state index contributed by atoms with van der Waals surface area (Å²) in [6.45, 7) is 2.33. The molecular formula is C16H21N7O2. The molecule has 1 unspecified atom stereocenters. The van der Waals surface area contributed by atoms with Crippen molar-refractivity contribution in [3.05, 3.63) is 41.6 Å². The lowest BCUT2D eigenvalue weighted by Crippen LogP contribution is -2.41. The number of hydrogen-bond donors (Lipinski definition) is 3. The van der Waals surface area contributed by atoms with Crippen LogP contribution in [-0.4, -0.2) is 53.7 Å². The molecule has 0 radical (unpaired) electrons. The minimum Gasteiger partial charge on any atom is -0.371 e. The summed E-state index contributed by atoms with van der Waals surface area (Å²) in [4.78, 5) is 29.4. The summed E-state index contributed by atoms with van der Waals surface area (Å²) < 4.78 is 0. The summed E-state index contributed by atoms with van der Waals surface area (Å²) in [5, 5.41) is 13.4. The smallest absolute Gasteiger partial charge is 0.273 e. The van der Waals surface area contributed by atoms with Gasteiger partial charge in [-0.2, -0.15) is 4.98 Å². The molecule has 0 spiro atoms. The van der Waals surface area contributed by atoms with Crippen molar-refractivity contribution in [1.82, 2.24) is 20.5 Å². The molecule has 0 aliphatic heterocycles. The molecule has 2 aromatic rings. The summed E-state index contributed by atoms with van der Waals surface area (Å²) in [6, 6.07) is 8.82.